The van der Waals surface area contributed by atoms with Crippen molar-refractivity contribution in [1.82, 2.24) is 30.2 Å². The van der Waals surface area contributed by atoms with Gasteiger partial charge in [-0.3, -0.25) is 14.5 Å². The number of nitrogens with zero attached hydrogens (tertiary/aromatic N) is 5. The number of thiazole rings is 1. The van der Waals surface area contributed by atoms with Gasteiger partial charge in [-0.05, 0) is 25.8 Å². The Hall–Kier alpha value is -3.19. The lowest BCUT2D eigenvalue weighted by atomic mass is 10.4. The van der Waals surface area contributed by atoms with Crippen LogP contribution in [0.2, 0.25) is 0 Å². The molecule has 0 spiro atoms. The van der Waals surface area contributed by atoms with Crippen LogP contribution in [0.5, 0.6) is 5.88 Å². The van der Waals surface area contributed by atoms with Crippen molar-refractivity contribution in [1.29, 1.82) is 0 Å². The van der Waals surface area contributed by atoms with Gasteiger partial charge >= 0.3 is 0 Å². The molecular formula is C18H19N7O4S2. The van der Waals surface area contributed by atoms with E-state index in [9.17, 15) is 13.2 Å². The standard InChI is InChI=1S/C18H19N7O4S2/c1-2-29-15-10-19-8-13(24-15)14-9-22-17(30-14)16(26)21-7-11-5-6-20-18(23-11)25-31(27,28)12-3-4-12/h5-6,8-10,12H,2-4,7H2,1H3,(H,21,26)(H,20,23,25). The third kappa shape index (κ3) is 5.30. The normalized spacial score (nSPS) is 13.6. The van der Waals surface area contributed by atoms with Gasteiger partial charge in [-0.2, -0.15) is 0 Å². The zero-order chi connectivity index (χ0) is 21.8. The Morgan fingerprint density at radius 3 is 2.84 bits per heavy atom. The first-order valence-corrected chi connectivity index (χ1v) is 11.8. The van der Waals surface area contributed by atoms with E-state index in [1.54, 1.807) is 18.5 Å². The predicted octanol–water partition coefficient (Wildman–Crippen LogP) is 1.62. The molecule has 3 aromatic heterocycles. The number of anilines is 1. The lowest BCUT2D eigenvalue weighted by Crippen LogP contribution is -2.24. The third-order valence-electron chi connectivity index (χ3n) is 4.20. The summed E-state index contributed by atoms with van der Waals surface area (Å²) < 4.78 is 31.8. The first-order valence-electron chi connectivity index (χ1n) is 9.47. The van der Waals surface area contributed by atoms with Crippen LogP contribution in [0.1, 0.15) is 35.3 Å². The summed E-state index contributed by atoms with van der Waals surface area (Å²) in [5.74, 6) is 0.00288. The molecule has 0 aliphatic heterocycles. The smallest absolute Gasteiger partial charge is 0.280 e. The predicted molar refractivity (Wildman–Crippen MR) is 113 cm³/mol. The molecule has 0 saturated heterocycles. The second-order valence-corrected chi connectivity index (χ2v) is 9.60. The maximum Gasteiger partial charge on any atom is 0.280 e. The number of ether oxygens (including phenoxy) is 1. The largest absolute Gasteiger partial charge is 0.477 e. The molecule has 0 bridgehead atoms. The molecule has 11 nitrogen and oxygen atoms in total. The quantitative estimate of drug-likeness (QED) is 0.485. The average Bonchev–Trinajstić information content (AvgIpc) is 3.51. The second-order valence-electron chi connectivity index (χ2n) is 6.61. The topological polar surface area (TPSA) is 149 Å². The Morgan fingerprint density at radius 2 is 2.06 bits per heavy atom. The second kappa shape index (κ2) is 8.89. The first-order chi connectivity index (χ1) is 14.9. The van der Waals surface area contributed by atoms with E-state index in [2.05, 4.69) is 35.0 Å². The Balaban J connectivity index is 1.38. The summed E-state index contributed by atoms with van der Waals surface area (Å²) in [6.07, 6.45) is 7.36. The summed E-state index contributed by atoms with van der Waals surface area (Å²) in [6.45, 7) is 2.42. The highest BCUT2D eigenvalue weighted by molar-refractivity contribution is 7.93. The van der Waals surface area contributed by atoms with Crippen LogP contribution in [0.4, 0.5) is 5.95 Å². The minimum absolute atomic E-state index is 0.0112. The van der Waals surface area contributed by atoms with Gasteiger partial charge in [0.15, 0.2) is 5.01 Å². The summed E-state index contributed by atoms with van der Waals surface area (Å²) in [6, 6.07) is 1.59. The van der Waals surface area contributed by atoms with Crippen LogP contribution >= 0.6 is 11.3 Å². The molecule has 1 amide bonds. The number of carbonyl (C=O) groups excluding carboxylic acids is 1. The molecule has 0 aromatic carbocycles. The van der Waals surface area contributed by atoms with Crippen molar-refractivity contribution >= 4 is 33.2 Å². The fourth-order valence-corrected chi connectivity index (χ4v) is 4.62. The van der Waals surface area contributed by atoms with Crippen molar-refractivity contribution in [2.24, 2.45) is 0 Å². The van der Waals surface area contributed by atoms with E-state index in [0.29, 0.717) is 41.6 Å². The first kappa shape index (κ1) is 21.1. The van der Waals surface area contributed by atoms with E-state index in [1.165, 1.54) is 23.7 Å². The fraction of sp³-hybridized carbons (Fsp3) is 0.333. The van der Waals surface area contributed by atoms with Gasteiger partial charge in [-0.1, -0.05) is 0 Å². The lowest BCUT2D eigenvalue weighted by Gasteiger charge is -2.07. The lowest BCUT2D eigenvalue weighted by molar-refractivity contribution is 0.0950. The van der Waals surface area contributed by atoms with Crippen molar-refractivity contribution in [3.63, 3.8) is 0 Å². The van der Waals surface area contributed by atoms with Crippen LogP contribution in [-0.2, 0) is 16.6 Å². The highest BCUT2D eigenvalue weighted by Crippen LogP contribution is 2.29. The maximum absolute atomic E-state index is 12.5. The molecular weight excluding hydrogens is 442 g/mol. The molecule has 3 heterocycles. The van der Waals surface area contributed by atoms with Gasteiger partial charge < -0.3 is 10.1 Å². The molecule has 0 atom stereocenters. The average molecular weight is 462 g/mol. The van der Waals surface area contributed by atoms with E-state index in [0.717, 1.165) is 0 Å². The zero-order valence-electron chi connectivity index (χ0n) is 16.5. The van der Waals surface area contributed by atoms with Gasteiger partial charge in [-0.15, -0.1) is 11.3 Å². The maximum atomic E-state index is 12.5. The molecule has 1 aliphatic rings. The summed E-state index contributed by atoms with van der Waals surface area (Å²) in [4.78, 5) is 33.8. The molecule has 13 heteroatoms. The van der Waals surface area contributed by atoms with Gasteiger partial charge in [-0.25, -0.2) is 28.4 Å². The van der Waals surface area contributed by atoms with Crippen molar-refractivity contribution in [3.8, 4) is 16.5 Å². The van der Waals surface area contributed by atoms with Crippen LogP contribution in [0.15, 0.2) is 30.9 Å². The summed E-state index contributed by atoms with van der Waals surface area (Å²) in [7, 11) is -3.45. The molecule has 4 rings (SSSR count). The monoisotopic (exact) mass is 461 g/mol. The van der Waals surface area contributed by atoms with Crippen molar-refractivity contribution in [3.05, 3.63) is 41.6 Å². The van der Waals surface area contributed by atoms with E-state index in [1.807, 2.05) is 6.92 Å². The van der Waals surface area contributed by atoms with Crippen molar-refractivity contribution in [2.75, 3.05) is 11.3 Å². The number of hydrogen-bond acceptors (Lipinski definition) is 10. The zero-order valence-corrected chi connectivity index (χ0v) is 18.1. The molecule has 162 valence electrons. The number of sulfonamides is 1. The van der Waals surface area contributed by atoms with Crippen LogP contribution in [0.3, 0.4) is 0 Å². The molecule has 0 unspecified atom stereocenters. The summed E-state index contributed by atoms with van der Waals surface area (Å²) >= 11 is 1.17. The number of aromatic nitrogens is 5. The Morgan fingerprint density at radius 1 is 1.23 bits per heavy atom. The molecule has 2 N–H and O–H groups in total. The van der Waals surface area contributed by atoms with Gasteiger partial charge in [0.2, 0.25) is 21.9 Å². The molecule has 1 saturated carbocycles. The molecule has 1 fully saturated rings. The van der Waals surface area contributed by atoms with Crippen molar-refractivity contribution in [2.45, 2.75) is 31.6 Å². The van der Waals surface area contributed by atoms with Crippen LogP contribution in [-0.4, -0.2) is 51.1 Å². The Bertz CT molecular complexity index is 1190. The van der Waals surface area contributed by atoms with E-state index >= 15 is 0 Å². The SMILES string of the molecule is CCOc1cncc(-c2cnc(C(=O)NCc3ccnc(NS(=O)(=O)C4CC4)n3)s2)n1. The van der Waals surface area contributed by atoms with Gasteiger partial charge in [0, 0.05) is 12.4 Å². The number of carbonyl (C=O) groups is 1. The summed E-state index contributed by atoms with van der Waals surface area (Å²) in [5.41, 5.74) is 1.02. The Labute approximate surface area is 182 Å². The number of nitrogens with one attached hydrogen (secondary N) is 2. The number of amides is 1. The third-order valence-corrected chi connectivity index (χ3v) is 7.03. The highest BCUT2D eigenvalue weighted by Gasteiger charge is 2.36. The Kier molecular flexibility index (Phi) is 6.04. The van der Waals surface area contributed by atoms with Gasteiger partial charge in [0.1, 0.15) is 5.69 Å². The molecule has 1 aliphatic carbocycles. The van der Waals surface area contributed by atoms with Gasteiger partial charge in [0.25, 0.3) is 5.91 Å². The highest BCUT2D eigenvalue weighted by atomic mass is 32.2. The van der Waals surface area contributed by atoms with Crippen LogP contribution < -0.4 is 14.8 Å². The van der Waals surface area contributed by atoms with Crippen LogP contribution in [0.25, 0.3) is 10.6 Å². The van der Waals surface area contributed by atoms with E-state index in [-0.39, 0.29) is 28.7 Å². The van der Waals surface area contributed by atoms with E-state index < -0.39 is 10.0 Å². The van der Waals surface area contributed by atoms with Crippen LogP contribution in [0, 0.1) is 0 Å². The minimum atomic E-state index is -3.45. The summed E-state index contributed by atoms with van der Waals surface area (Å²) in [5, 5.41) is 2.59. The minimum Gasteiger partial charge on any atom is -0.477 e. The number of hydrogen-bond donors (Lipinski definition) is 2. The fourth-order valence-electron chi connectivity index (χ4n) is 2.56. The van der Waals surface area contributed by atoms with Crippen molar-refractivity contribution < 1.29 is 17.9 Å². The molecule has 31 heavy (non-hydrogen) atoms. The molecule has 0 radical (unpaired) electrons. The van der Waals surface area contributed by atoms with E-state index in [4.69, 9.17) is 4.74 Å². The van der Waals surface area contributed by atoms with Gasteiger partial charge in [0.05, 0.1) is 41.4 Å². The number of rotatable bonds is 9. The molecule has 3 aromatic rings.